The van der Waals surface area contributed by atoms with Crippen LogP contribution in [0.3, 0.4) is 0 Å². The fraction of sp³-hybridized carbons (Fsp3) is 0.714. The molecular formula is C7H12F3N. The fourth-order valence-corrected chi connectivity index (χ4v) is 0.756. The molecule has 0 heterocycles. The van der Waals surface area contributed by atoms with E-state index in [2.05, 4.69) is 0 Å². The van der Waals surface area contributed by atoms with Crippen LogP contribution in [0.15, 0.2) is 12.2 Å². The maximum Gasteiger partial charge on any atom is 0.407 e. The first-order chi connectivity index (χ1) is 4.89. The van der Waals surface area contributed by atoms with Gasteiger partial charge in [0.2, 0.25) is 0 Å². The molecule has 0 aliphatic carbocycles. The molecule has 1 unspecified atom stereocenters. The SMILES string of the molecule is C/C=C\C(N(C)C)C(F)(F)F. The van der Waals surface area contributed by atoms with E-state index < -0.39 is 12.2 Å². The van der Waals surface area contributed by atoms with Crippen molar-refractivity contribution in [1.29, 1.82) is 0 Å². The van der Waals surface area contributed by atoms with E-state index in [1.807, 2.05) is 0 Å². The predicted octanol–water partition coefficient (Wildman–Crippen LogP) is 2.06. The molecule has 0 saturated carbocycles. The van der Waals surface area contributed by atoms with Crippen molar-refractivity contribution >= 4 is 0 Å². The molecule has 0 amide bonds. The summed E-state index contributed by atoms with van der Waals surface area (Å²) in [5, 5.41) is 0. The van der Waals surface area contributed by atoms with Gasteiger partial charge in [-0.2, -0.15) is 13.2 Å². The Labute approximate surface area is 64.5 Å². The Bertz CT molecular complexity index is 137. The number of rotatable bonds is 2. The molecule has 0 aliphatic rings. The summed E-state index contributed by atoms with van der Waals surface area (Å²) in [6.07, 6.45) is -1.64. The number of hydrogen-bond acceptors (Lipinski definition) is 1. The first-order valence-electron chi connectivity index (χ1n) is 3.25. The standard InChI is InChI=1S/C7H12F3N/c1-4-5-6(11(2)3)7(8,9)10/h4-6H,1-3H3/b5-4-. The van der Waals surface area contributed by atoms with Gasteiger partial charge in [0, 0.05) is 0 Å². The lowest BCUT2D eigenvalue weighted by molar-refractivity contribution is -0.163. The van der Waals surface area contributed by atoms with Gasteiger partial charge in [0.1, 0.15) is 6.04 Å². The highest BCUT2D eigenvalue weighted by Crippen LogP contribution is 2.23. The molecule has 0 radical (unpaired) electrons. The van der Waals surface area contributed by atoms with Crippen LogP contribution in [0.2, 0.25) is 0 Å². The number of hydrogen-bond donors (Lipinski definition) is 0. The van der Waals surface area contributed by atoms with Crippen LogP contribution in [0.1, 0.15) is 6.92 Å². The molecule has 1 nitrogen and oxygen atoms in total. The van der Waals surface area contributed by atoms with Gasteiger partial charge in [-0.25, -0.2) is 0 Å². The predicted molar refractivity (Wildman–Crippen MR) is 38.3 cm³/mol. The molecule has 0 bridgehead atoms. The van der Waals surface area contributed by atoms with E-state index >= 15 is 0 Å². The maximum absolute atomic E-state index is 12.1. The Kier molecular flexibility index (Phi) is 3.58. The third kappa shape index (κ3) is 3.41. The van der Waals surface area contributed by atoms with Crippen molar-refractivity contribution in [3.8, 4) is 0 Å². The highest BCUT2D eigenvalue weighted by Gasteiger charge is 2.38. The molecule has 1 atom stereocenters. The zero-order valence-corrected chi connectivity index (χ0v) is 6.81. The van der Waals surface area contributed by atoms with Crippen molar-refractivity contribution in [3.63, 3.8) is 0 Å². The van der Waals surface area contributed by atoms with Crippen LogP contribution >= 0.6 is 0 Å². The molecule has 0 aromatic rings. The van der Waals surface area contributed by atoms with Crippen LogP contribution in [0.25, 0.3) is 0 Å². The van der Waals surface area contributed by atoms with E-state index in [0.717, 1.165) is 11.0 Å². The lowest BCUT2D eigenvalue weighted by Gasteiger charge is -2.23. The van der Waals surface area contributed by atoms with Gasteiger partial charge in [0.25, 0.3) is 0 Å². The van der Waals surface area contributed by atoms with Gasteiger partial charge in [0.15, 0.2) is 0 Å². The lowest BCUT2D eigenvalue weighted by atomic mass is 10.2. The summed E-state index contributed by atoms with van der Waals surface area (Å²) in [6, 6.07) is -1.47. The van der Waals surface area contributed by atoms with Crippen molar-refractivity contribution in [1.82, 2.24) is 4.90 Å². The van der Waals surface area contributed by atoms with E-state index in [-0.39, 0.29) is 0 Å². The Morgan fingerprint density at radius 2 is 1.73 bits per heavy atom. The molecule has 0 aromatic heterocycles. The second-order valence-corrected chi connectivity index (χ2v) is 2.48. The van der Waals surface area contributed by atoms with E-state index in [4.69, 9.17) is 0 Å². The number of likely N-dealkylation sites (N-methyl/N-ethyl adjacent to an activating group) is 1. The van der Waals surface area contributed by atoms with Crippen molar-refractivity contribution in [2.45, 2.75) is 19.1 Å². The van der Waals surface area contributed by atoms with E-state index in [1.54, 1.807) is 6.92 Å². The van der Waals surface area contributed by atoms with Gasteiger partial charge in [-0.3, -0.25) is 4.90 Å². The second-order valence-electron chi connectivity index (χ2n) is 2.48. The smallest absolute Gasteiger partial charge is 0.295 e. The minimum Gasteiger partial charge on any atom is -0.295 e. The van der Waals surface area contributed by atoms with Crippen LogP contribution in [-0.2, 0) is 0 Å². The first-order valence-corrected chi connectivity index (χ1v) is 3.25. The summed E-state index contributed by atoms with van der Waals surface area (Å²) in [7, 11) is 2.80. The Morgan fingerprint density at radius 1 is 1.27 bits per heavy atom. The van der Waals surface area contributed by atoms with Crippen molar-refractivity contribution in [2.75, 3.05) is 14.1 Å². The normalized spacial score (nSPS) is 16.3. The minimum atomic E-state index is -4.17. The van der Waals surface area contributed by atoms with Gasteiger partial charge in [-0.05, 0) is 21.0 Å². The van der Waals surface area contributed by atoms with Crippen LogP contribution in [-0.4, -0.2) is 31.2 Å². The van der Waals surface area contributed by atoms with E-state index in [9.17, 15) is 13.2 Å². The van der Waals surface area contributed by atoms with Gasteiger partial charge >= 0.3 is 6.18 Å². The number of alkyl halides is 3. The summed E-state index contributed by atoms with van der Waals surface area (Å²) in [5.41, 5.74) is 0. The summed E-state index contributed by atoms with van der Waals surface area (Å²) in [4.78, 5) is 1.12. The topological polar surface area (TPSA) is 3.24 Å². The zero-order chi connectivity index (χ0) is 9.07. The Balaban J connectivity index is 4.35. The molecule has 0 aliphatic heterocycles. The molecule has 0 rings (SSSR count). The second kappa shape index (κ2) is 3.76. The number of halogens is 3. The molecule has 0 N–H and O–H groups in total. The summed E-state index contributed by atoms with van der Waals surface area (Å²) < 4.78 is 36.2. The van der Waals surface area contributed by atoms with E-state index in [1.165, 1.54) is 20.2 Å². The minimum absolute atomic E-state index is 1.12. The van der Waals surface area contributed by atoms with E-state index in [0.29, 0.717) is 0 Å². The summed E-state index contributed by atoms with van der Waals surface area (Å²) in [5.74, 6) is 0. The number of nitrogens with zero attached hydrogens (tertiary/aromatic N) is 1. The van der Waals surface area contributed by atoms with Gasteiger partial charge in [-0.15, -0.1) is 0 Å². The quantitative estimate of drug-likeness (QED) is 0.569. The molecule has 11 heavy (non-hydrogen) atoms. The molecule has 0 saturated heterocycles. The van der Waals surface area contributed by atoms with Crippen LogP contribution < -0.4 is 0 Å². The average Bonchev–Trinajstić information content (AvgIpc) is 1.79. The molecule has 4 heteroatoms. The van der Waals surface area contributed by atoms with Gasteiger partial charge in [0.05, 0.1) is 0 Å². The van der Waals surface area contributed by atoms with Gasteiger partial charge < -0.3 is 0 Å². The fourth-order valence-electron chi connectivity index (χ4n) is 0.756. The van der Waals surface area contributed by atoms with Crippen molar-refractivity contribution in [2.24, 2.45) is 0 Å². The molecule has 0 fully saturated rings. The maximum atomic E-state index is 12.1. The third-order valence-corrected chi connectivity index (χ3v) is 1.27. The molecule has 0 aromatic carbocycles. The third-order valence-electron chi connectivity index (χ3n) is 1.27. The monoisotopic (exact) mass is 167 g/mol. The first kappa shape index (κ1) is 10.5. The van der Waals surface area contributed by atoms with Crippen molar-refractivity contribution < 1.29 is 13.2 Å². The molecule has 0 spiro atoms. The largest absolute Gasteiger partial charge is 0.407 e. The Hall–Kier alpha value is -0.510. The highest BCUT2D eigenvalue weighted by atomic mass is 19.4. The van der Waals surface area contributed by atoms with Crippen molar-refractivity contribution in [3.05, 3.63) is 12.2 Å². The van der Waals surface area contributed by atoms with Crippen LogP contribution in [0.4, 0.5) is 13.2 Å². The lowest BCUT2D eigenvalue weighted by Crippen LogP contribution is -2.39. The summed E-state index contributed by atoms with van der Waals surface area (Å²) in [6.45, 7) is 1.57. The highest BCUT2D eigenvalue weighted by molar-refractivity contribution is 4.95. The molecule has 66 valence electrons. The average molecular weight is 167 g/mol. The zero-order valence-electron chi connectivity index (χ0n) is 6.81. The Morgan fingerprint density at radius 3 is 1.82 bits per heavy atom. The van der Waals surface area contributed by atoms with Crippen LogP contribution in [0, 0.1) is 0 Å². The van der Waals surface area contributed by atoms with Gasteiger partial charge in [-0.1, -0.05) is 12.2 Å². The molecular weight excluding hydrogens is 155 g/mol. The number of allylic oxidation sites excluding steroid dienone is 1. The summed E-state index contributed by atoms with van der Waals surface area (Å²) >= 11 is 0. The van der Waals surface area contributed by atoms with Crippen LogP contribution in [0.5, 0.6) is 0 Å².